The van der Waals surface area contributed by atoms with Crippen LogP contribution in [0.4, 0.5) is 0 Å². The highest BCUT2D eigenvalue weighted by molar-refractivity contribution is 6.23. The molecule has 324 valence electrons. The number of hydrogen-bond acceptors (Lipinski definition) is 0. The van der Waals surface area contributed by atoms with Gasteiger partial charge in [-0.05, 0) is 143 Å². The van der Waals surface area contributed by atoms with Gasteiger partial charge in [-0.25, -0.2) is 0 Å². The summed E-state index contributed by atoms with van der Waals surface area (Å²) >= 11 is 0. The Hall–Kier alpha value is -9.24. The number of para-hydroxylation sites is 3. The number of hydrogen-bond donors (Lipinski definition) is 0. The fraction of sp³-hybridized carbons (Fsp3) is 0. The Morgan fingerprint density at radius 3 is 1.03 bits per heavy atom. The maximum absolute atomic E-state index is 2.48. The van der Waals surface area contributed by atoms with E-state index < -0.39 is 0 Å². The van der Waals surface area contributed by atoms with Gasteiger partial charge in [0.05, 0.1) is 22.1 Å². The molecular weight excluding hydrogens is 845 g/mol. The highest BCUT2D eigenvalue weighted by atomic mass is 15.0. The zero-order chi connectivity index (χ0) is 45.9. The van der Waals surface area contributed by atoms with Gasteiger partial charge in [0.1, 0.15) is 0 Å². The first-order chi connectivity index (χ1) is 34.8. The predicted octanol–water partition coefficient (Wildman–Crippen LogP) is 18.5. The van der Waals surface area contributed by atoms with Crippen LogP contribution in [0.15, 0.2) is 255 Å². The first-order valence-electron chi connectivity index (χ1n) is 24.3. The summed E-state index contributed by atoms with van der Waals surface area (Å²) in [6.45, 7) is 0. The molecule has 0 saturated heterocycles. The topological polar surface area (TPSA) is 9.86 Å². The lowest BCUT2D eigenvalue weighted by molar-refractivity contribution is 1.17. The third kappa shape index (κ3) is 5.62. The van der Waals surface area contributed by atoms with Crippen LogP contribution in [0.3, 0.4) is 0 Å². The molecule has 1 aliphatic carbocycles. The zero-order valence-corrected chi connectivity index (χ0v) is 38.1. The Balaban J connectivity index is 0.950. The Morgan fingerprint density at radius 2 is 0.543 bits per heavy atom. The molecular formula is C68H42N2. The van der Waals surface area contributed by atoms with Gasteiger partial charge in [-0.1, -0.05) is 200 Å². The quantitative estimate of drug-likeness (QED) is 0.156. The van der Waals surface area contributed by atoms with Crippen LogP contribution in [0.5, 0.6) is 0 Å². The number of aromatic nitrogens is 2. The van der Waals surface area contributed by atoms with Crippen molar-refractivity contribution in [2.45, 2.75) is 0 Å². The van der Waals surface area contributed by atoms with Gasteiger partial charge in [0.2, 0.25) is 0 Å². The molecule has 2 nitrogen and oxygen atoms in total. The molecule has 0 radical (unpaired) electrons. The fourth-order valence-electron chi connectivity index (χ4n) is 12.1. The minimum atomic E-state index is 1.13. The minimum Gasteiger partial charge on any atom is -0.309 e. The van der Waals surface area contributed by atoms with Crippen LogP contribution in [0, 0.1) is 0 Å². The largest absolute Gasteiger partial charge is 0.309 e. The van der Waals surface area contributed by atoms with Crippen LogP contribution in [-0.4, -0.2) is 9.13 Å². The van der Waals surface area contributed by atoms with Crippen molar-refractivity contribution < 1.29 is 0 Å². The van der Waals surface area contributed by atoms with Gasteiger partial charge >= 0.3 is 0 Å². The molecule has 0 N–H and O–H groups in total. The van der Waals surface area contributed by atoms with Crippen molar-refractivity contribution in [2.75, 3.05) is 0 Å². The molecule has 12 aromatic carbocycles. The molecule has 1 aliphatic rings. The number of nitrogens with zero attached hydrogens (tertiary/aromatic N) is 2. The van der Waals surface area contributed by atoms with Crippen LogP contribution in [-0.2, 0) is 0 Å². The van der Waals surface area contributed by atoms with E-state index in [4.69, 9.17) is 0 Å². The summed E-state index contributed by atoms with van der Waals surface area (Å²) < 4.78 is 4.90. The number of rotatable bonds is 4. The Morgan fingerprint density at radius 1 is 0.186 bits per heavy atom. The molecule has 14 aromatic rings. The Kier molecular flexibility index (Phi) is 8.39. The van der Waals surface area contributed by atoms with Crippen LogP contribution in [0.2, 0.25) is 0 Å². The maximum Gasteiger partial charge on any atom is 0.0548 e. The summed E-state index contributed by atoms with van der Waals surface area (Å²) in [5.41, 5.74) is 22.0. The zero-order valence-electron chi connectivity index (χ0n) is 38.1. The fourth-order valence-corrected chi connectivity index (χ4v) is 12.1. The molecule has 2 aromatic heterocycles. The lowest BCUT2D eigenvalue weighted by atomic mass is 9.79. The molecule has 0 spiro atoms. The van der Waals surface area contributed by atoms with Crippen LogP contribution in [0.1, 0.15) is 0 Å². The van der Waals surface area contributed by atoms with Gasteiger partial charge < -0.3 is 9.13 Å². The van der Waals surface area contributed by atoms with E-state index in [2.05, 4.69) is 264 Å². The lowest BCUT2D eigenvalue weighted by Crippen LogP contribution is -1.98. The monoisotopic (exact) mass is 886 g/mol. The maximum atomic E-state index is 2.48. The molecule has 0 amide bonds. The van der Waals surface area contributed by atoms with Crippen LogP contribution >= 0.6 is 0 Å². The third-order valence-electron chi connectivity index (χ3n) is 15.1. The molecule has 0 saturated carbocycles. The number of benzene rings is 12. The van der Waals surface area contributed by atoms with E-state index in [0.717, 1.165) is 11.4 Å². The smallest absolute Gasteiger partial charge is 0.0548 e. The molecule has 0 unspecified atom stereocenters. The normalized spacial score (nSPS) is 12.0. The van der Waals surface area contributed by atoms with Crippen molar-refractivity contribution in [3.8, 4) is 78.1 Å². The lowest BCUT2D eigenvalue weighted by Gasteiger charge is -2.24. The average molecular weight is 887 g/mol. The number of fused-ring (bicyclic) bond motifs is 16. The SMILES string of the molecule is c1ccc(-n2c3ccccc3c3cc4c(cc32)c2ccccc2n4-c2cccc(-c3c4ccccc4c(-c4ccc5c(c4)-c4ccccc4-c4ccccc4-c4ccccc4-5)c4ccccc34)c2)cc1. The van der Waals surface area contributed by atoms with Gasteiger partial charge in [-0.3, -0.25) is 0 Å². The van der Waals surface area contributed by atoms with Crippen molar-refractivity contribution >= 4 is 65.2 Å². The average Bonchev–Trinajstić information content (AvgIpc) is 3.93. The molecule has 70 heavy (non-hydrogen) atoms. The van der Waals surface area contributed by atoms with Crippen molar-refractivity contribution in [3.63, 3.8) is 0 Å². The second kappa shape index (κ2) is 15.1. The molecule has 15 rings (SSSR count). The molecule has 2 heteroatoms. The summed E-state index contributed by atoms with van der Waals surface area (Å²) in [7, 11) is 0. The van der Waals surface area contributed by atoms with Crippen molar-refractivity contribution in [1.82, 2.24) is 9.13 Å². The summed E-state index contributed by atoms with van der Waals surface area (Å²) in [5, 5.41) is 9.90. The van der Waals surface area contributed by atoms with E-state index in [1.807, 2.05) is 0 Å². The third-order valence-corrected chi connectivity index (χ3v) is 15.1. The van der Waals surface area contributed by atoms with Crippen molar-refractivity contribution in [2.24, 2.45) is 0 Å². The van der Waals surface area contributed by atoms with Gasteiger partial charge in [-0.15, -0.1) is 0 Å². The van der Waals surface area contributed by atoms with Crippen LogP contribution < -0.4 is 0 Å². The molecule has 0 atom stereocenters. The second-order valence-corrected chi connectivity index (χ2v) is 18.7. The Bertz CT molecular complexity index is 4410. The molecule has 0 aliphatic heterocycles. The van der Waals surface area contributed by atoms with E-state index in [0.29, 0.717) is 0 Å². The first kappa shape index (κ1) is 38.8. The molecule has 0 fully saturated rings. The van der Waals surface area contributed by atoms with Crippen molar-refractivity contribution in [1.29, 1.82) is 0 Å². The molecule has 0 bridgehead atoms. The highest BCUT2D eigenvalue weighted by Gasteiger charge is 2.25. The highest BCUT2D eigenvalue weighted by Crippen LogP contribution is 2.51. The summed E-state index contributed by atoms with van der Waals surface area (Å²) in [4.78, 5) is 0. The molecule has 2 heterocycles. The van der Waals surface area contributed by atoms with Gasteiger partial charge in [0.15, 0.2) is 0 Å². The summed E-state index contributed by atoms with van der Waals surface area (Å²) in [5.74, 6) is 0. The summed E-state index contributed by atoms with van der Waals surface area (Å²) in [6, 6.07) is 94.5. The van der Waals surface area contributed by atoms with E-state index in [1.54, 1.807) is 0 Å². The van der Waals surface area contributed by atoms with E-state index in [9.17, 15) is 0 Å². The van der Waals surface area contributed by atoms with E-state index in [-0.39, 0.29) is 0 Å². The van der Waals surface area contributed by atoms with Gasteiger partial charge in [0, 0.05) is 32.9 Å². The van der Waals surface area contributed by atoms with Crippen molar-refractivity contribution in [3.05, 3.63) is 255 Å². The minimum absolute atomic E-state index is 1.13. The predicted molar refractivity (Wildman–Crippen MR) is 296 cm³/mol. The van der Waals surface area contributed by atoms with E-state index in [1.165, 1.54) is 132 Å². The Labute approximate surface area is 405 Å². The van der Waals surface area contributed by atoms with Crippen LogP contribution in [0.25, 0.3) is 143 Å². The van der Waals surface area contributed by atoms with Gasteiger partial charge in [0.25, 0.3) is 0 Å². The first-order valence-corrected chi connectivity index (χ1v) is 24.3. The standard InChI is InChI=1S/C68H42N2/c1-2-20-45(21-3-1)69-63-35-16-14-29-54(63)61-42-66-62(41-65(61)69)55-30-15-17-36-64(55)70(66)46-22-18-19-43(39-46)67-56-31-10-12-33-58(56)68(59-34-13-11-32-57(59)67)44-37-38-53-51-27-7-6-25-49(51)47-23-4-5-24-48(47)50-26-8-9-28-52(50)60(53)40-44/h1-42H. The second-order valence-electron chi connectivity index (χ2n) is 18.7. The summed E-state index contributed by atoms with van der Waals surface area (Å²) in [6.07, 6.45) is 0. The van der Waals surface area contributed by atoms with E-state index >= 15 is 0 Å². The van der Waals surface area contributed by atoms with Gasteiger partial charge in [-0.2, -0.15) is 0 Å².